The summed E-state index contributed by atoms with van der Waals surface area (Å²) in [5.74, 6) is 0.162. The Morgan fingerprint density at radius 1 is 1.40 bits per heavy atom. The Morgan fingerprint density at radius 2 is 2.13 bits per heavy atom. The normalized spacial score (nSPS) is 21.8. The van der Waals surface area contributed by atoms with Gasteiger partial charge in [0.25, 0.3) is 0 Å². The smallest absolute Gasteiger partial charge is 0.182 e. The first kappa shape index (κ1) is 10.3. The second kappa shape index (κ2) is 4.55. The van der Waals surface area contributed by atoms with Crippen LogP contribution in [0.5, 0.6) is 0 Å². The van der Waals surface area contributed by atoms with E-state index in [-0.39, 0.29) is 11.8 Å². The molecule has 0 aromatic heterocycles. The van der Waals surface area contributed by atoms with Gasteiger partial charge in [-0.3, -0.25) is 4.79 Å². The van der Waals surface area contributed by atoms with Gasteiger partial charge in [0.1, 0.15) is 0 Å². The molecule has 3 nitrogen and oxygen atoms in total. The lowest BCUT2D eigenvalue weighted by Gasteiger charge is -2.20. The summed E-state index contributed by atoms with van der Waals surface area (Å²) in [6.45, 7) is 0.847. The molecule has 1 aromatic rings. The van der Waals surface area contributed by atoms with Crippen molar-refractivity contribution in [2.24, 2.45) is 0 Å². The number of Topliss-reactive ketones (excluding diaryl/α,β-unsaturated/α-hetero) is 1. The van der Waals surface area contributed by atoms with E-state index < -0.39 is 0 Å². The molecule has 1 fully saturated rings. The number of rotatable bonds is 3. The van der Waals surface area contributed by atoms with Crippen molar-refractivity contribution in [2.45, 2.75) is 18.9 Å². The Morgan fingerprint density at radius 3 is 2.80 bits per heavy atom. The Labute approximate surface area is 89.6 Å². The molecule has 0 bridgehead atoms. The zero-order valence-corrected chi connectivity index (χ0v) is 8.85. The molecule has 0 spiro atoms. The van der Waals surface area contributed by atoms with E-state index in [1.54, 1.807) is 12.2 Å². The maximum absolute atomic E-state index is 12.1. The molecule has 1 aromatic carbocycles. The van der Waals surface area contributed by atoms with Crippen LogP contribution >= 0.6 is 0 Å². The molecule has 3 heteroatoms. The standard InChI is InChI=1S/C12H15NO2/c1-15-13-9-5-8-11(13)12(14)10-6-3-2-4-7-10/h2-4,6-7,11H,5,8-9H2,1H3. The van der Waals surface area contributed by atoms with Crippen molar-refractivity contribution < 1.29 is 9.63 Å². The predicted octanol–water partition coefficient (Wildman–Crippen LogP) is 1.90. The molecule has 0 saturated carbocycles. The van der Waals surface area contributed by atoms with Gasteiger partial charge >= 0.3 is 0 Å². The lowest BCUT2D eigenvalue weighted by molar-refractivity contribution is -0.130. The maximum atomic E-state index is 12.1. The summed E-state index contributed by atoms with van der Waals surface area (Å²) < 4.78 is 0. The number of hydrogen-bond donors (Lipinski definition) is 0. The van der Waals surface area contributed by atoms with E-state index in [9.17, 15) is 4.79 Å². The van der Waals surface area contributed by atoms with Crippen LogP contribution in [0, 0.1) is 0 Å². The van der Waals surface area contributed by atoms with Crippen LogP contribution in [0.1, 0.15) is 23.2 Å². The van der Waals surface area contributed by atoms with Crippen LogP contribution in [0.4, 0.5) is 0 Å². The first-order valence-corrected chi connectivity index (χ1v) is 5.23. The van der Waals surface area contributed by atoms with E-state index in [2.05, 4.69) is 0 Å². The Bertz CT molecular complexity index is 337. The van der Waals surface area contributed by atoms with Crippen LogP contribution in [0.3, 0.4) is 0 Å². The van der Waals surface area contributed by atoms with E-state index in [1.165, 1.54) is 0 Å². The van der Waals surface area contributed by atoms with Gasteiger partial charge in [-0.1, -0.05) is 30.3 Å². The number of nitrogens with zero attached hydrogens (tertiary/aromatic N) is 1. The maximum Gasteiger partial charge on any atom is 0.182 e. The topological polar surface area (TPSA) is 29.5 Å². The van der Waals surface area contributed by atoms with Gasteiger partial charge in [0.15, 0.2) is 5.78 Å². The molecule has 1 saturated heterocycles. The van der Waals surface area contributed by atoms with Crippen LogP contribution < -0.4 is 0 Å². The second-order valence-electron chi connectivity index (χ2n) is 3.71. The second-order valence-corrected chi connectivity index (χ2v) is 3.71. The third-order valence-corrected chi connectivity index (χ3v) is 2.80. The highest BCUT2D eigenvalue weighted by atomic mass is 16.7. The molecule has 1 unspecified atom stereocenters. The molecule has 2 rings (SSSR count). The third kappa shape index (κ3) is 2.08. The third-order valence-electron chi connectivity index (χ3n) is 2.80. The van der Waals surface area contributed by atoms with Crippen molar-refractivity contribution in [3.05, 3.63) is 35.9 Å². The Kier molecular flexibility index (Phi) is 3.14. The largest absolute Gasteiger partial charge is 0.302 e. The average molecular weight is 205 g/mol. The molecular weight excluding hydrogens is 190 g/mol. The first-order chi connectivity index (χ1) is 7.33. The molecule has 1 atom stereocenters. The zero-order valence-electron chi connectivity index (χ0n) is 8.85. The summed E-state index contributed by atoms with van der Waals surface area (Å²) in [5, 5.41) is 1.77. The van der Waals surface area contributed by atoms with Crippen LogP contribution in [-0.4, -0.2) is 30.5 Å². The van der Waals surface area contributed by atoms with E-state index >= 15 is 0 Å². The summed E-state index contributed by atoms with van der Waals surface area (Å²) in [6, 6.07) is 9.30. The van der Waals surface area contributed by atoms with E-state index in [4.69, 9.17) is 4.84 Å². The van der Waals surface area contributed by atoms with Crippen molar-refractivity contribution in [2.75, 3.05) is 13.7 Å². The highest BCUT2D eigenvalue weighted by Gasteiger charge is 2.31. The van der Waals surface area contributed by atoms with Crippen LogP contribution in [-0.2, 0) is 4.84 Å². The van der Waals surface area contributed by atoms with Gasteiger partial charge in [-0.2, -0.15) is 5.06 Å². The van der Waals surface area contributed by atoms with Crippen molar-refractivity contribution >= 4 is 5.78 Å². The molecule has 0 amide bonds. The van der Waals surface area contributed by atoms with Crippen molar-refractivity contribution in [1.82, 2.24) is 5.06 Å². The summed E-state index contributed by atoms with van der Waals surface area (Å²) in [6.07, 6.45) is 1.92. The quantitative estimate of drug-likeness (QED) is 0.706. The number of hydroxylamine groups is 2. The van der Waals surface area contributed by atoms with Gasteiger partial charge in [0.05, 0.1) is 13.2 Å². The fraction of sp³-hybridized carbons (Fsp3) is 0.417. The molecule has 0 radical (unpaired) electrons. The molecule has 0 N–H and O–H groups in total. The molecular formula is C12H15NO2. The van der Waals surface area contributed by atoms with E-state index in [1.807, 2.05) is 30.3 Å². The highest BCUT2D eigenvalue weighted by molar-refractivity contribution is 6.00. The van der Waals surface area contributed by atoms with Crippen molar-refractivity contribution in [1.29, 1.82) is 0 Å². The van der Waals surface area contributed by atoms with Crippen LogP contribution in [0.15, 0.2) is 30.3 Å². The van der Waals surface area contributed by atoms with Crippen LogP contribution in [0.25, 0.3) is 0 Å². The summed E-state index contributed by atoms with van der Waals surface area (Å²) in [7, 11) is 1.62. The summed E-state index contributed by atoms with van der Waals surface area (Å²) in [4.78, 5) is 17.3. The predicted molar refractivity (Wildman–Crippen MR) is 57.5 cm³/mol. The number of ketones is 1. The minimum Gasteiger partial charge on any atom is -0.302 e. The van der Waals surface area contributed by atoms with Gasteiger partial charge in [-0.15, -0.1) is 0 Å². The molecule has 1 heterocycles. The number of hydrogen-bond acceptors (Lipinski definition) is 3. The minimum atomic E-state index is -0.0996. The summed E-state index contributed by atoms with van der Waals surface area (Å²) >= 11 is 0. The molecule has 0 aliphatic carbocycles. The fourth-order valence-electron chi connectivity index (χ4n) is 2.02. The van der Waals surface area contributed by atoms with E-state index in [0.717, 1.165) is 24.9 Å². The lowest BCUT2D eigenvalue weighted by atomic mass is 10.0. The van der Waals surface area contributed by atoms with Gasteiger partial charge in [0, 0.05) is 12.1 Å². The van der Waals surface area contributed by atoms with Gasteiger partial charge in [-0.25, -0.2) is 0 Å². The molecule has 1 aliphatic rings. The highest BCUT2D eigenvalue weighted by Crippen LogP contribution is 2.20. The monoisotopic (exact) mass is 205 g/mol. The minimum absolute atomic E-state index is 0.0996. The Hall–Kier alpha value is -1.19. The molecule has 1 aliphatic heterocycles. The SMILES string of the molecule is CON1CCCC1C(=O)c1ccccc1. The van der Waals surface area contributed by atoms with Crippen molar-refractivity contribution in [3.63, 3.8) is 0 Å². The molecule has 15 heavy (non-hydrogen) atoms. The molecule has 80 valence electrons. The lowest BCUT2D eigenvalue weighted by Crippen LogP contribution is -2.35. The Balaban J connectivity index is 2.14. The van der Waals surface area contributed by atoms with Crippen molar-refractivity contribution in [3.8, 4) is 0 Å². The van der Waals surface area contributed by atoms with Crippen LogP contribution in [0.2, 0.25) is 0 Å². The number of carbonyl (C=O) groups is 1. The van der Waals surface area contributed by atoms with E-state index in [0.29, 0.717) is 0 Å². The number of carbonyl (C=O) groups excluding carboxylic acids is 1. The van der Waals surface area contributed by atoms with Gasteiger partial charge in [0.2, 0.25) is 0 Å². The summed E-state index contributed by atoms with van der Waals surface area (Å²) in [5.41, 5.74) is 0.770. The first-order valence-electron chi connectivity index (χ1n) is 5.23. The van der Waals surface area contributed by atoms with Gasteiger partial charge < -0.3 is 4.84 Å². The fourth-order valence-corrected chi connectivity index (χ4v) is 2.02. The average Bonchev–Trinajstić information content (AvgIpc) is 2.77. The zero-order chi connectivity index (χ0) is 10.7. The van der Waals surface area contributed by atoms with Gasteiger partial charge in [-0.05, 0) is 12.8 Å². The number of benzene rings is 1.